The number of aryl methyl sites for hydroxylation is 2. The molecule has 0 aliphatic carbocycles. The van der Waals surface area contributed by atoms with Crippen LogP contribution in [0.3, 0.4) is 0 Å². The molecule has 0 radical (unpaired) electrons. The van der Waals surface area contributed by atoms with Crippen molar-refractivity contribution in [1.82, 2.24) is 0 Å². The molecule has 0 heterocycles. The van der Waals surface area contributed by atoms with Crippen molar-refractivity contribution in [3.8, 4) is 0 Å². The Bertz CT molecular complexity index is 277. The summed E-state index contributed by atoms with van der Waals surface area (Å²) in [6, 6.07) is 8.25. The molecule has 1 unspecified atom stereocenters. The average Bonchev–Trinajstić information content (AvgIpc) is 2.22. The molecule has 0 aliphatic rings. The molecule has 14 heavy (non-hydrogen) atoms. The Labute approximate surface area is 84.6 Å². The van der Waals surface area contributed by atoms with E-state index in [0.717, 1.165) is 19.1 Å². The van der Waals surface area contributed by atoms with Crippen LogP contribution in [0.5, 0.6) is 0 Å². The van der Waals surface area contributed by atoms with Gasteiger partial charge in [0, 0.05) is 5.92 Å². The van der Waals surface area contributed by atoms with E-state index >= 15 is 0 Å². The summed E-state index contributed by atoms with van der Waals surface area (Å²) in [4.78, 5) is 10.5. The number of aliphatic hydroxyl groups is 1. The first-order valence-electron chi connectivity index (χ1n) is 4.88. The van der Waals surface area contributed by atoms with E-state index in [-0.39, 0.29) is 12.5 Å². The first-order valence-corrected chi connectivity index (χ1v) is 4.88. The van der Waals surface area contributed by atoms with Gasteiger partial charge in [0.1, 0.15) is 6.29 Å². The summed E-state index contributed by atoms with van der Waals surface area (Å²) < 4.78 is 0. The van der Waals surface area contributed by atoms with Gasteiger partial charge >= 0.3 is 0 Å². The van der Waals surface area contributed by atoms with E-state index in [2.05, 4.69) is 24.3 Å². The monoisotopic (exact) mass is 192 g/mol. The Hall–Kier alpha value is -1.15. The Balaban J connectivity index is 2.45. The highest BCUT2D eigenvalue weighted by atomic mass is 16.3. The van der Waals surface area contributed by atoms with Crippen molar-refractivity contribution in [3.63, 3.8) is 0 Å². The fourth-order valence-electron chi connectivity index (χ4n) is 1.31. The van der Waals surface area contributed by atoms with E-state index in [0.29, 0.717) is 0 Å². The molecule has 2 heteroatoms. The van der Waals surface area contributed by atoms with E-state index in [4.69, 9.17) is 5.11 Å². The Kier molecular flexibility index (Phi) is 4.33. The van der Waals surface area contributed by atoms with Crippen LogP contribution in [0.2, 0.25) is 0 Å². The number of hydrogen-bond acceptors (Lipinski definition) is 2. The first kappa shape index (κ1) is 10.9. The lowest BCUT2D eigenvalue weighted by molar-refractivity contribution is -0.112. The summed E-state index contributed by atoms with van der Waals surface area (Å²) in [7, 11) is 0. The van der Waals surface area contributed by atoms with Crippen molar-refractivity contribution in [2.24, 2.45) is 5.92 Å². The zero-order valence-electron chi connectivity index (χ0n) is 8.44. The summed E-state index contributed by atoms with van der Waals surface area (Å²) in [6.07, 6.45) is 2.40. The van der Waals surface area contributed by atoms with Crippen LogP contribution in [0.25, 0.3) is 0 Å². The number of hydrogen-bond donors (Lipinski definition) is 1. The van der Waals surface area contributed by atoms with Crippen molar-refractivity contribution in [2.45, 2.75) is 19.8 Å². The van der Waals surface area contributed by atoms with Crippen molar-refractivity contribution >= 4 is 6.29 Å². The Morgan fingerprint density at radius 2 is 2.00 bits per heavy atom. The smallest absolute Gasteiger partial charge is 0.125 e. The summed E-state index contributed by atoms with van der Waals surface area (Å²) in [5.74, 6) is -0.212. The fourth-order valence-corrected chi connectivity index (χ4v) is 1.31. The standard InChI is InChI=1S/C12H16O2/c1-10-2-4-11(5-3-10)6-7-12(8-13)9-14/h2-5,8,12,14H,6-7,9H2,1H3. The minimum atomic E-state index is -0.212. The maximum atomic E-state index is 10.5. The van der Waals surface area contributed by atoms with E-state index in [9.17, 15) is 4.79 Å². The van der Waals surface area contributed by atoms with Crippen LogP contribution in [0.4, 0.5) is 0 Å². The van der Waals surface area contributed by atoms with Gasteiger partial charge in [-0.2, -0.15) is 0 Å². The second-order valence-electron chi connectivity index (χ2n) is 3.60. The largest absolute Gasteiger partial charge is 0.396 e. The highest BCUT2D eigenvalue weighted by molar-refractivity contribution is 5.53. The van der Waals surface area contributed by atoms with Crippen LogP contribution >= 0.6 is 0 Å². The molecule has 0 bridgehead atoms. The van der Waals surface area contributed by atoms with Gasteiger partial charge in [-0.25, -0.2) is 0 Å². The molecular weight excluding hydrogens is 176 g/mol. The molecule has 2 nitrogen and oxygen atoms in total. The molecule has 0 saturated heterocycles. The lowest BCUT2D eigenvalue weighted by atomic mass is 10.0. The van der Waals surface area contributed by atoms with Gasteiger partial charge in [-0.3, -0.25) is 0 Å². The van der Waals surface area contributed by atoms with Crippen molar-refractivity contribution < 1.29 is 9.90 Å². The molecule has 0 spiro atoms. The summed E-state index contributed by atoms with van der Waals surface area (Å²) >= 11 is 0. The summed E-state index contributed by atoms with van der Waals surface area (Å²) in [5, 5.41) is 8.82. The van der Waals surface area contributed by atoms with Crippen LogP contribution < -0.4 is 0 Å². The molecule has 0 aliphatic heterocycles. The number of carbonyl (C=O) groups excluding carboxylic acids is 1. The lowest BCUT2D eigenvalue weighted by Crippen LogP contribution is -2.08. The minimum Gasteiger partial charge on any atom is -0.396 e. The number of aldehydes is 1. The molecule has 1 aromatic carbocycles. The first-order chi connectivity index (χ1) is 6.76. The normalized spacial score (nSPS) is 12.4. The summed E-state index contributed by atoms with van der Waals surface area (Å²) in [5.41, 5.74) is 2.46. The average molecular weight is 192 g/mol. The van der Waals surface area contributed by atoms with Crippen molar-refractivity contribution in [3.05, 3.63) is 35.4 Å². The van der Waals surface area contributed by atoms with Crippen LogP contribution in [0, 0.1) is 12.8 Å². The third-order valence-corrected chi connectivity index (χ3v) is 2.35. The van der Waals surface area contributed by atoms with E-state index in [1.807, 2.05) is 6.92 Å². The second-order valence-corrected chi connectivity index (χ2v) is 3.60. The van der Waals surface area contributed by atoms with E-state index in [1.54, 1.807) is 0 Å². The maximum Gasteiger partial charge on any atom is 0.125 e. The van der Waals surface area contributed by atoms with Gasteiger partial charge in [0.25, 0.3) is 0 Å². The van der Waals surface area contributed by atoms with Gasteiger partial charge in [0.2, 0.25) is 0 Å². The van der Waals surface area contributed by atoms with E-state index < -0.39 is 0 Å². The summed E-state index contributed by atoms with van der Waals surface area (Å²) in [6.45, 7) is 2.00. The Morgan fingerprint density at radius 3 is 2.50 bits per heavy atom. The molecule has 0 saturated carbocycles. The predicted octanol–water partition coefficient (Wildman–Crippen LogP) is 1.74. The molecule has 0 aromatic heterocycles. The minimum absolute atomic E-state index is 0.0463. The fraction of sp³-hybridized carbons (Fsp3) is 0.417. The van der Waals surface area contributed by atoms with Crippen LogP contribution in [0.15, 0.2) is 24.3 Å². The zero-order valence-corrected chi connectivity index (χ0v) is 8.44. The highest BCUT2D eigenvalue weighted by Gasteiger charge is 2.05. The Morgan fingerprint density at radius 1 is 1.36 bits per heavy atom. The third-order valence-electron chi connectivity index (χ3n) is 2.35. The second kappa shape index (κ2) is 5.55. The van der Waals surface area contributed by atoms with Crippen LogP contribution in [-0.2, 0) is 11.2 Å². The molecule has 76 valence electrons. The molecule has 1 aromatic rings. The number of rotatable bonds is 5. The molecule has 1 N–H and O–H groups in total. The van der Waals surface area contributed by atoms with Crippen molar-refractivity contribution in [1.29, 1.82) is 0 Å². The number of aliphatic hydroxyl groups excluding tert-OH is 1. The van der Waals surface area contributed by atoms with Gasteiger partial charge in [-0.05, 0) is 25.3 Å². The highest BCUT2D eigenvalue weighted by Crippen LogP contribution is 2.09. The van der Waals surface area contributed by atoms with Gasteiger partial charge in [0.05, 0.1) is 6.61 Å². The predicted molar refractivity (Wildman–Crippen MR) is 56.1 cm³/mol. The molecule has 1 rings (SSSR count). The molecule has 0 amide bonds. The maximum absolute atomic E-state index is 10.5. The van der Waals surface area contributed by atoms with Gasteiger partial charge in [-0.15, -0.1) is 0 Å². The SMILES string of the molecule is Cc1ccc(CCC(C=O)CO)cc1. The van der Waals surface area contributed by atoms with Gasteiger partial charge < -0.3 is 9.90 Å². The van der Waals surface area contributed by atoms with Crippen molar-refractivity contribution in [2.75, 3.05) is 6.61 Å². The number of carbonyl (C=O) groups is 1. The zero-order chi connectivity index (χ0) is 10.4. The number of benzene rings is 1. The van der Waals surface area contributed by atoms with E-state index in [1.165, 1.54) is 11.1 Å². The third kappa shape index (κ3) is 3.30. The molecular formula is C12H16O2. The van der Waals surface area contributed by atoms with Crippen LogP contribution in [0.1, 0.15) is 17.5 Å². The topological polar surface area (TPSA) is 37.3 Å². The van der Waals surface area contributed by atoms with Gasteiger partial charge in [0.15, 0.2) is 0 Å². The van der Waals surface area contributed by atoms with Gasteiger partial charge in [-0.1, -0.05) is 29.8 Å². The molecule has 1 atom stereocenters. The lowest BCUT2D eigenvalue weighted by Gasteiger charge is -2.06. The van der Waals surface area contributed by atoms with Crippen LogP contribution in [-0.4, -0.2) is 18.0 Å². The quantitative estimate of drug-likeness (QED) is 0.721. The molecule has 0 fully saturated rings.